The number of rotatable bonds is 3. The van der Waals surface area contributed by atoms with Gasteiger partial charge in [-0.2, -0.15) is 0 Å². The number of nitrogens with two attached hydrogens (primary N) is 1. The Hall–Kier alpha value is -3.73. The number of likely N-dealkylation sites (N-methyl/N-ethyl adjacent to an activating group) is 1. The zero-order valence-electron chi connectivity index (χ0n) is 23.0. The number of nitrogens with zero attached hydrogens (tertiary/aromatic N) is 1. The van der Waals surface area contributed by atoms with Crippen molar-refractivity contribution in [3.63, 3.8) is 0 Å². The average Bonchev–Trinajstić information content (AvgIpc) is 3.38. The number of phenolic OH excluding ortho intramolecular Hbond substituents is 1. The molecule has 0 aliphatic heterocycles. The summed E-state index contributed by atoms with van der Waals surface area (Å²) >= 11 is 0. The van der Waals surface area contributed by atoms with Gasteiger partial charge >= 0.3 is 0 Å². The summed E-state index contributed by atoms with van der Waals surface area (Å²) in [5.41, 5.74) is 6.18. The summed E-state index contributed by atoms with van der Waals surface area (Å²) in [4.78, 5) is 68.4. The predicted molar refractivity (Wildman–Crippen MR) is 145 cm³/mol. The minimum Gasteiger partial charge on any atom is -0.507 e. The Morgan fingerprint density at radius 2 is 1.71 bits per heavy atom. The quantitative estimate of drug-likeness (QED) is 0.391. The number of aliphatic hydroxyl groups is 2. The van der Waals surface area contributed by atoms with Gasteiger partial charge in [-0.25, -0.2) is 0 Å². The topological polar surface area (TPSA) is 175 Å². The smallest absolute Gasteiger partial charge is 0.235 e. The summed E-state index contributed by atoms with van der Waals surface area (Å²) in [6.45, 7) is 1.70. The number of phenols is 1. The number of aliphatic hydroxyl groups excluding tert-OH is 1. The Kier molecular flexibility index (Phi) is 6.12. The van der Waals surface area contributed by atoms with Crippen molar-refractivity contribution in [2.24, 2.45) is 29.4 Å². The van der Waals surface area contributed by atoms with Crippen molar-refractivity contribution < 1.29 is 39.3 Å². The molecule has 5 N–H and O–H groups in total. The number of fused-ring (bicyclic) bond motifs is 4. The summed E-state index contributed by atoms with van der Waals surface area (Å²) in [6, 6.07) is 7.86. The summed E-state index contributed by atoms with van der Waals surface area (Å²) < 4.78 is 0. The van der Waals surface area contributed by atoms with Gasteiger partial charge in [0.2, 0.25) is 5.91 Å². The molecule has 4 aliphatic rings. The lowest BCUT2D eigenvalue weighted by molar-refractivity contribution is -0.196. The molecule has 0 spiro atoms. The van der Waals surface area contributed by atoms with Crippen LogP contribution in [0.1, 0.15) is 46.3 Å². The highest BCUT2D eigenvalue weighted by molar-refractivity contribution is 6.32. The van der Waals surface area contributed by atoms with E-state index in [1.54, 1.807) is 19.1 Å². The summed E-state index contributed by atoms with van der Waals surface area (Å²) in [7, 11) is 2.92. The van der Waals surface area contributed by atoms with Crippen molar-refractivity contribution in [2.45, 2.75) is 49.9 Å². The molecular weight excluding hydrogens is 528 g/mol. The highest BCUT2D eigenvalue weighted by atomic mass is 16.3. The standard InChI is InChI=1S/C31H32N2O8/c1-12-16-9-10-17(15-8-7-13-5-4-6-14(13)11-15)24(34)19(16)25(35)20-18(12)26(36)22-23(33(2)3)27(37)21(30(32)40)29(39)31(22,41)28(20)38/h7-12,18,20-23,26,34,36,41H,4-6H2,1-3H3,(H2,32,40)/t12-,18+,20?,21?,22+,23-,26-,31-/m0/s1. The molecule has 2 aromatic rings. The van der Waals surface area contributed by atoms with E-state index < -0.39 is 76.4 Å². The lowest BCUT2D eigenvalue weighted by Crippen LogP contribution is -2.77. The molecule has 1 amide bonds. The number of benzene rings is 2. The van der Waals surface area contributed by atoms with Crippen LogP contribution in [0.2, 0.25) is 0 Å². The van der Waals surface area contributed by atoms with E-state index in [-0.39, 0.29) is 11.3 Å². The predicted octanol–water partition coefficient (Wildman–Crippen LogP) is 0.554. The third-order valence-electron chi connectivity index (χ3n) is 9.90. The van der Waals surface area contributed by atoms with Crippen LogP contribution in [-0.2, 0) is 32.0 Å². The molecule has 2 saturated carbocycles. The summed E-state index contributed by atoms with van der Waals surface area (Å²) in [5, 5.41) is 34.9. The Balaban J connectivity index is 1.50. The van der Waals surface area contributed by atoms with Gasteiger partial charge < -0.3 is 21.1 Å². The van der Waals surface area contributed by atoms with E-state index in [2.05, 4.69) is 0 Å². The summed E-state index contributed by atoms with van der Waals surface area (Å²) in [5.74, 6) is -13.2. The molecule has 2 unspecified atom stereocenters. The van der Waals surface area contributed by atoms with E-state index in [4.69, 9.17) is 5.73 Å². The van der Waals surface area contributed by atoms with Gasteiger partial charge in [-0.05, 0) is 61.5 Å². The number of carbonyl (C=O) groups is 5. The normalized spacial score (nSPS) is 34.2. The molecule has 2 aromatic carbocycles. The van der Waals surface area contributed by atoms with E-state index >= 15 is 0 Å². The monoisotopic (exact) mass is 560 g/mol. The van der Waals surface area contributed by atoms with Gasteiger partial charge in [0, 0.05) is 11.5 Å². The number of carbonyl (C=O) groups excluding carboxylic acids is 5. The van der Waals surface area contributed by atoms with Crippen LogP contribution in [0, 0.1) is 23.7 Å². The van der Waals surface area contributed by atoms with Crippen molar-refractivity contribution in [3.05, 3.63) is 52.6 Å². The van der Waals surface area contributed by atoms with Gasteiger partial charge in [-0.15, -0.1) is 0 Å². The maximum atomic E-state index is 14.1. The van der Waals surface area contributed by atoms with Gasteiger partial charge in [0.1, 0.15) is 5.75 Å². The fourth-order valence-corrected chi connectivity index (χ4v) is 7.96. The maximum Gasteiger partial charge on any atom is 0.235 e. The van der Waals surface area contributed by atoms with E-state index in [1.165, 1.54) is 30.1 Å². The second kappa shape index (κ2) is 9.14. The van der Waals surface area contributed by atoms with Crippen LogP contribution in [-0.4, -0.2) is 81.1 Å². The first kappa shape index (κ1) is 27.4. The highest BCUT2D eigenvalue weighted by Gasteiger charge is 2.72. The molecule has 0 bridgehead atoms. The molecule has 2 fully saturated rings. The van der Waals surface area contributed by atoms with E-state index in [0.717, 1.165) is 19.3 Å². The van der Waals surface area contributed by atoms with E-state index in [1.807, 2.05) is 18.2 Å². The van der Waals surface area contributed by atoms with Crippen LogP contribution in [0.15, 0.2) is 30.3 Å². The van der Waals surface area contributed by atoms with Crippen LogP contribution in [0.5, 0.6) is 5.75 Å². The number of aromatic hydroxyl groups is 1. The van der Waals surface area contributed by atoms with Crippen molar-refractivity contribution in [1.82, 2.24) is 4.90 Å². The van der Waals surface area contributed by atoms with Crippen molar-refractivity contribution in [3.8, 4) is 16.9 Å². The van der Waals surface area contributed by atoms with Crippen molar-refractivity contribution in [1.29, 1.82) is 0 Å². The molecule has 0 radical (unpaired) electrons. The molecule has 10 nitrogen and oxygen atoms in total. The number of amides is 1. The van der Waals surface area contributed by atoms with Crippen LogP contribution in [0.25, 0.3) is 11.1 Å². The molecule has 0 aromatic heterocycles. The molecular formula is C31H32N2O8. The van der Waals surface area contributed by atoms with Gasteiger partial charge in [0.25, 0.3) is 0 Å². The molecule has 4 aliphatic carbocycles. The zero-order chi connectivity index (χ0) is 29.7. The van der Waals surface area contributed by atoms with Gasteiger partial charge in [0.15, 0.2) is 34.7 Å². The molecule has 10 heteroatoms. The fourth-order valence-electron chi connectivity index (χ4n) is 7.96. The number of Topliss-reactive ketones (excluding diaryl/α,β-unsaturated/α-hetero) is 4. The maximum absolute atomic E-state index is 14.1. The van der Waals surface area contributed by atoms with E-state index in [0.29, 0.717) is 16.7 Å². The minimum atomic E-state index is -3.01. The zero-order valence-corrected chi connectivity index (χ0v) is 23.0. The van der Waals surface area contributed by atoms with Crippen LogP contribution in [0.4, 0.5) is 0 Å². The second-order valence-electron chi connectivity index (χ2n) is 12.1. The first-order chi connectivity index (χ1) is 19.3. The number of aryl methyl sites for hydroxylation is 2. The van der Waals surface area contributed by atoms with Crippen molar-refractivity contribution in [2.75, 3.05) is 14.1 Å². The second-order valence-corrected chi connectivity index (χ2v) is 12.1. The Morgan fingerprint density at radius 3 is 2.37 bits per heavy atom. The van der Waals surface area contributed by atoms with Crippen LogP contribution >= 0.6 is 0 Å². The average molecular weight is 561 g/mol. The molecule has 0 saturated heterocycles. The summed E-state index contributed by atoms with van der Waals surface area (Å²) in [6.07, 6.45) is 1.28. The first-order valence-corrected chi connectivity index (χ1v) is 13.8. The lowest BCUT2D eigenvalue weighted by Gasteiger charge is -2.56. The SMILES string of the molecule is C[C@H]1c2ccc(-c3ccc4c(c3)CCC4)c(O)c2C(=O)C2C(=O)[C@]3(O)C(=O)C(C(N)=O)C(=O)[C@@H](N(C)C)[C@@H]3[C@@H](O)[C@@H]21. The number of ketones is 4. The van der Waals surface area contributed by atoms with Gasteiger partial charge in [0.05, 0.1) is 29.5 Å². The highest BCUT2D eigenvalue weighted by Crippen LogP contribution is 2.55. The third kappa shape index (κ3) is 3.50. The molecule has 8 atom stereocenters. The van der Waals surface area contributed by atoms with Crippen LogP contribution < -0.4 is 5.73 Å². The van der Waals surface area contributed by atoms with E-state index in [9.17, 15) is 39.3 Å². The molecule has 6 rings (SSSR count). The minimum absolute atomic E-state index is 0.103. The van der Waals surface area contributed by atoms with Gasteiger partial charge in [-0.3, -0.25) is 28.9 Å². The Morgan fingerprint density at radius 1 is 1.02 bits per heavy atom. The third-order valence-corrected chi connectivity index (χ3v) is 9.90. The van der Waals surface area contributed by atoms with Crippen molar-refractivity contribution >= 4 is 29.0 Å². The first-order valence-electron chi connectivity index (χ1n) is 13.8. The molecule has 41 heavy (non-hydrogen) atoms. The Labute approximate surface area is 236 Å². The number of primary amides is 1. The number of hydrogen-bond donors (Lipinski definition) is 4. The lowest BCUT2D eigenvalue weighted by atomic mass is 9.49. The number of hydrogen-bond acceptors (Lipinski definition) is 9. The molecule has 214 valence electrons. The Bertz CT molecular complexity index is 1560. The fraction of sp³-hybridized carbons (Fsp3) is 0.452. The molecule has 0 heterocycles. The van der Waals surface area contributed by atoms with Crippen LogP contribution in [0.3, 0.4) is 0 Å². The van der Waals surface area contributed by atoms with Gasteiger partial charge in [-0.1, -0.05) is 37.3 Å². The largest absolute Gasteiger partial charge is 0.507 e.